The summed E-state index contributed by atoms with van der Waals surface area (Å²) in [5.74, 6) is 0. The molecular formula is C8H18N2Pt. The van der Waals surface area contributed by atoms with Crippen LogP contribution in [0.2, 0.25) is 0 Å². The summed E-state index contributed by atoms with van der Waals surface area (Å²) in [6.07, 6.45) is 2.09. The van der Waals surface area contributed by atoms with Crippen molar-refractivity contribution in [3.63, 3.8) is 0 Å². The number of hydrogen-bond acceptors (Lipinski definition) is 2. The Bertz CT molecular complexity index is 39.1. The van der Waals surface area contributed by atoms with Crippen LogP contribution in [0.25, 0.3) is 0 Å². The van der Waals surface area contributed by atoms with E-state index in [9.17, 15) is 0 Å². The maximum absolute atomic E-state index is 3.38. The molecule has 2 nitrogen and oxygen atoms in total. The minimum absolute atomic E-state index is 0. The third-order valence-corrected chi connectivity index (χ3v) is 0.524. The van der Waals surface area contributed by atoms with Crippen molar-refractivity contribution in [2.24, 2.45) is 0 Å². The van der Waals surface area contributed by atoms with Crippen molar-refractivity contribution in [1.29, 1.82) is 0 Å². The van der Waals surface area contributed by atoms with E-state index in [1.807, 2.05) is 13.1 Å². The van der Waals surface area contributed by atoms with Gasteiger partial charge in [-0.15, -0.1) is 0 Å². The van der Waals surface area contributed by atoms with Crippen molar-refractivity contribution in [3.8, 4) is 0 Å². The predicted molar refractivity (Wildman–Crippen MR) is 46.2 cm³/mol. The predicted octanol–water partition coefficient (Wildman–Crippen LogP) is 1.88. The minimum atomic E-state index is 0. The van der Waals surface area contributed by atoms with E-state index in [4.69, 9.17) is 0 Å². The fourth-order valence-electron chi connectivity index (χ4n) is 0.226. The van der Waals surface area contributed by atoms with Gasteiger partial charge in [0.15, 0.2) is 0 Å². The largest absolute Gasteiger partial charge is 4.00 e. The average molecular weight is 337 g/mol. The zero-order valence-corrected chi connectivity index (χ0v) is 9.57. The second kappa shape index (κ2) is 22.4. The van der Waals surface area contributed by atoms with Crippen LogP contribution in [0.1, 0.15) is 26.7 Å². The Morgan fingerprint density at radius 3 is 1.55 bits per heavy atom. The molecule has 0 saturated heterocycles. The first-order valence-electron chi connectivity index (χ1n) is 3.52. The summed E-state index contributed by atoms with van der Waals surface area (Å²) in [7, 11) is 6.77. The molecule has 0 amide bonds. The topological polar surface area (TPSA) is 24.1 Å². The summed E-state index contributed by atoms with van der Waals surface area (Å²) in [5, 5.41) is 5.26. The Labute approximate surface area is 85.8 Å². The van der Waals surface area contributed by atoms with Crippen molar-refractivity contribution < 1.29 is 21.1 Å². The Hall–Kier alpha value is 0.608. The van der Waals surface area contributed by atoms with Crippen molar-refractivity contribution >= 4 is 0 Å². The Balaban J connectivity index is -0.000000140. The number of nitrogens with one attached hydrogen (secondary N) is 2. The molecule has 70 valence electrons. The second-order valence-electron chi connectivity index (χ2n) is 1.76. The van der Waals surface area contributed by atoms with E-state index in [-0.39, 0.29) is 21.1 Å². The van der Waals surface area contributed by atoms with Crippen LogP contribution >= 0.6 is 0 Å². The molecule has 3 heteroatoms. The third kappa shape index (κ3) is 37.0. The zero-order valence-electron chi connectivity index (χ0n) is 7.30. The fraction of sp³-hybridized carbons (Fsp3) is 0.500. The molecular weight excluding hydrogens is 319 g/mol. The normalized spacial score (nSPS) is 7.64. The Morgan fingerprint density at radius 1 is 1.09 bits per heavy atom. The van der Waals surface area contributed by atoms with Gasteiger partial charge in [-0.1, -0.05) is 20.3 Å². The van der Waals surface area contributed by atoms with E-state index in [0.717, 1.165) is 6.42 Å². The smallest absolute Gasteiger partial charge is 0.623 e. The monoisotopic (exact) mass is 337 g/mol. The molecule has 0 atom stereocenters. The maximum Gasteiger partial charge on any atom is 4.00 e. The molecule has 0 aliphatic heterocycles. The summed E-state index contributed by atoms with van der Waals surface area (Å²) in [6, 6.07) is 0. The quantitative estimate of drug-likeness (QED) is 0.605. The first-order valence-corrected chi connectivity index (χ1v) is 3.52. The molecule has 0 fully saturated rings. The van der Waals surface area contributed by atoms with Crippen LogP contribution < -0.4 is 10.6 Å². The van der Waals surface area contributed by atoms with Gasteiger partial charge in [-0.2, -0.15) is 0 Å². The summed E-state index contributed by atoms with van der Waals surface area (Å²) in [6.45, 7) is 7.89. The van der Waals surface area contributed by atoms with Crippen LogP contribution in [0, 0.1) is 27.2 Å². The van der Waals surface area contributed by atoms with E-state index >= 15 is 0 Å². The van der Waals surface area contributed by atoms with Crippen molar-refractivity contribution in [2.75, 3.05) is 0 Å². The Morgan fingerprint density at radius 2 is 1.36 bits per heavy atom. The molecule has 0 saturated carbocycles. The van der Waals surface area contributed by atoms with E-state index in [1.54, 1.807) is 0 Å². The minimum Gasteiger partial charge on any atom is -0.623 e. The van der Waals surface area contributed by atoms with E-state index in [2.05, 4.69) is 38.6 Å². The standard InChI is InChI=1S/C5H10N2.C3H8.Pt/c1-6-4-3-5-7-2;1-3-2;/h4-7H,1-3H2;3H2,1-2H3;/q-4;;+4. The summed E-state index contributed by atoms with van der Waals surface area (Å²) in [5.41, 5.74) is 0. The van der Waals surface area contributed by atoms with Crippen molar-refractivity contribution in [2.45, 2.75) is 26.7 Å². The summed E-state index contributed by atoms with van der Waals surface area (Å²) in [4.78, 5) is 0. The van der Waals surface area contributed by atoms with Gasteiger partial charge < -0.3 is 37.8 Å². The van der Waals surface area contributed by atoms with Gasteiger partial charge in [0, 0.05) is 0 Å². The van der Waals surface area contributed by atoms with Crippen molar-refractivity contribution in [3.05, 3.63) is 27.2 Å². The molecule has 0 aliphatic rings. The van der Waals surface area contributed by atoms with Crippen LogP contribution in [0.5, 0.6) is 0 Å². The zero-order chi connectivity index (χ0) is 8.24. The Kier molecular flexibility index (Phi) is 35.9. The van der Waals surface area contributed by atoms with Crippen LogP contribution in [0.3, 0.4) is 0 Å². The van der Waals surface area contributed by atoms with Crippen LogP contribution in [-0.4, -0.2) is 0 Å². The SMILES string of the molecule is CCC.[CH2-]N[CH-]C[CH-]N[CH2-].[Pt+4]. The third-order valence-electron chi connectivity index (χ3n) is 0.524. The van der Waals surface area contributed by atoms with Gasteiger partial charge in [-0.3, -0.25) is 6.42 Å². The summed E-state index contributed by atoms with van der Waals surface area (Å²) < 4.78 is 0. The molecule has 0 spiro atoms. The molecule has 0 rings (SSSR count). The van der Waals surface area contributed by atoms with Crippen LogP contribution in [0.15, 0.2) is 0 Å². The van der Waals surface area contributed by atoms with Gasteiger partial charge in [-0.25, -0.2) is 0 Å². The van der Waals surface area contributed by atoms with Gasteiger partial charge in [0.05, 0.1) is 0 Å². The van der Waals surface area contributed by atoms with E-state index in [0.29, 0.717) is 0 Å². The summed E-state index contributed by atoms with van der Waals surface area (Å²) >= 11 is 0. The number of hydrogen-bond donors (Lipinski definition) is 2. The maximum atomic E-state index is 3.38. The molecule has 0 heterocycles. The molecule has 0 bridgehead atoms. The number of rotatable bonds is 4. The molecule has 11 heavy (non-hydrogen) atoms. The first kappa shape index (κ1) is 17.6. The first-order chi connectivity index (χ1) is 4.83. The molecule has 0 unspecified atom stereocenters. The molecule has 0 aromatic rings. The molecule has 0 aliphatic carbocycles. The van der Waals surface area contributed by atoms with Gasteiger partial charge in [-0.05, 0) is 0 Å². The van der Waals surface area contributed by atoms with Gasteiger partial charge in [0.2, 0.25) is 0 Å². The van der Waals surface area contributed by atoms with Gasteiger partial charge in [0.25, 0.3) is 0 Å². The molecule has 0 radical (unpaired) electrons. The van der Waals surface area contributed by atoms with Crippen molar-refractivity contribution in [1.82, 2.24) is 10.6 Å². The van der Waals surface area contributed by atoms with Crippen LogP contribution in [0.4, 0.5) is 0 Å². The molecule has 0 aromatic carbocycles. The molecule has 0 aromatic heterocycles. The average Bonchev–Trinajstić information content (AvgIpc) is 1.91. The van der Waals surface area contributed by atoms with E-state index < -0.39 is 0 Å². The van der Waals surface area contributed by atoms with Crippen LogP contribution in [-0.2, 0) is 21.1 Å². The molecule has 2 N–H and O–H groups in total. The second-order valence-corrected chi connectivity index (χ2v) is 1.76. The fourth-order valence-corrected chi connectivity index (χ4v) is 0.226. The van der Waals surface area contributed by atoms with Gasteiger partial charge in [0.1, 0.15) is 0 Å². The van der Waals surface area contributed by atoms with E-state index in [1.165, 1.54) is 6.42 Å². The van der Waals surface area contributed by atoms with Gasteiger partial charge >= 0.3 is 21.1 Å².